The van der Waals surface area contributed by atoms with Crippen LogP contribution in [0.15, 0.2) is 30.7 Å². The average Bonchev–Trinajstić information content (AvgIpc) is 3.40. The van der Waals surface area contributed by atoms with Crippen LogP contribution in [-0.4, -0.2) is 62.3 Å². The lowest BCUT2D eigenvalue weighted by Gasteiger charge is -2.16. The highest BCUT2D eigenvalue weighted by Crippen LogP contribution is 2.28. The number of hydrogen-bond donors (Lipinski definition) is 1. The van der Waals surface area contributed by atoms with Crippen LogP contribution < -0.4 is 10.1 Å². The van der Waals surface area contributed by atoms with Crippen LogP contribution in [0, 0.1) is 6.92 Å². The second-order valence-electron chi connectivity index (χ2n) is 8.15. The number of nitrogens with zero attached hydrogens (tertiary/aromatic N) is 5. The number of hydrogen-bond acceptors (Lipinski definition) is 8. The molecule has 36 heavy (non-hydrogen) atoms. The average molecular weight is 529 g/mol. The van der Waals surface area contributed by atoms with Crippen molar-refractivity contribution in [3.63, 3.8) is 0 Å². The summed E-state index contributed by atoms with van der Waals surface area (Å²) in [6.45, 7) is 2.28. The van der Waals surface area contributed by atoms with E-state index in [1.54, 1.807) is 24.0 Å². The van der Waals surface area contributed by atoms with Gasteiger partial charge in [-0.15, -0.1) is 0 Å². The molecule has 1 N–H and O–H groups in total. The van der Waals surface area contributed by atoms with E-state index in [-0.39, 0.29) is 24.8 Å². The minimum atomic E-state index is -4.59. The van der Waals surface area contributed by atoms with E-state index >= 15 is 0 Å². The largest absolute Gasteiger partial charge is 0.473 e. The fourth-order valence-corrected chi connectivity index (χ4v) is 4.61. The topological polar surface area (TPSA) is 93.1 Å². The Hall–Kier alpha value is -3.26. The second kappa shape index (κ2) is 10.8. The molecule has 192 valence electrons. The highest BCUT2D eigenvalue weighted by Gasteiger charge is 2.33. The first kappa shape index (κ1) is 25.8. The van der Waals surface area contributed by atoms with E-state index in [1.807, 2.05) is 0 Å². The van der Waals surface area contributed by atoms with Gasteiger partial charge in [0.15, 0.2) is 5.69 Å². The molecule has 1 aliphatic rings. The summed E-state index contributed by atoms with van der Waals surface area (Å²) in [5, 5.41) is 2.72. The number of halogens is 5. The van der Waals surface area contributed by atoms with Crippen LogP contribution in [0.3, 0.4) is 0 Å². The Morgan fingerprint density at radius 1 is 1.22 bits per heavy atom. The van der Waals surface area contributed by atoms with Crippen LogP contribution in [0.25, 0.3) is 0 Å². The molecule has 0 radical (unpaired) electrons. The van der Waals surface area contributed by atoms with Crippen LogP contribution in [0.5, 0.6) is 5.88 Å². The molecule has 3 aromatic rings. The van der Waals surface area contributed by atoms with Gasteiger partial charge in [0.2, 0.25) is 5.88 Å². The smallest absolute Gasteiger partial charge is 0.434 e. The minimum absolute atomic E-state index is 0.0917. The third kappa shape index (κ3) is 6.49. The Morgan fingerprint density at radius 2 is 2.03 bits per heavy atom. The number of nitrogens with one attached hydrogen (secondary N) is 1. The lowest BCUT2D eigenvalue weighted by molar-refractivity contribution is -0.141. The summed E-state index contributed by atoms with van der Waals surface area (Å²) < 4.78 is 73.1. The summed E-state index contributed by atoms with van der Waals surface area (Å²) in [6, 6.07) is 3.17. The first-order chi connectivity index (χ1) is 17.1. The van der Waals surface area contributed by atoms with Gasteiger partial charge in [0.05, 0.1) is 41.6 Å². The minimum Gasteiger partial charge on any atom is -0.473 e. The van der Waals surface area contributed by atoms with Crippen molar-refractivity contribution in [2.75, 3.05) is 25.0 Å². The molecule has 0 aliphatic carbocycles. The summed E-state index contributed by atoms with van der Waals surface area (Å²) in [6.07, 6.45) is -3.42. The van der Waals surface area contributed by atoms with Gasteiger partial charge in [-0.25, -0.2) is 18.7 Å². The van der Waals surface area contributed by atoms with Gasteiger partial charge in [-0.1, -0.05) is 0 Å². The molecule has 4 heterocycles. The van der Waals surface area contributed by atoms with E-state index in [2.05, 4.69) is 24.6 Å². The standard InChI is InChI=1S/C22H21F5N6O2S/c1-12-20(16(36-32-12)6-14-8-29-17(9-28-14)22(25,26)27)21(34)31-13-2-3-19(30-7-13)35-15-4-5-33(10-15)11-18(23)24/h2-3,7-9,15,18H,4-6,10-11H2,1H3,(H,31,34)/t15-/m1/s1. The Balaban J connectivity index is 1.37. The van der Waals surface area contributed by atoms with Crippen molar-refractivity contribution in [2.24, 2.45) is 0 Å². The number of ether oxygens (including phenoxy) is 1. The zero-order valence-corrected chi connectivity index (χ0v) is 19.7. The molecule has 3 aromatic heterocycles. The predicted octanol–water partition coefficient (Wildman–Crippen LogP) is 4.22. The van der Waals surface area contributed by atoms with Crippen molar-refractivity contribution in [2.45, 2.75) is 38.5 Å². The maximum Gasteiger partial charge on any atom is 0.434 e. The predicted molar refractivity (Wildman–Crippen MR) is 120 cm³/mol. The number of aryl methyl sites for hydroxylation is 1. The molecule has 0 unspecified atom stereocenters. The number of rotatable bonds is 8. The summed E-state index contributed by atoms with van der Waals surface area (Å²) >= 11 is 1.06. The fraction of sp³-hybridized carbons (Fsp3) is 0.409. The van der Waals surface area contributed by atoms with Gasteiger partial charge in [0.1, 0.15) is 6.10 Å². The Morgan fingerprint density at radius 3 is 2.67 bits per heavy atom. The highest BCUT2D eigenvalue weighted by atomic mass is 32.1. The molecule has 14 heteroatoms. The van der Waals surface area contributed by atoms with E-state index in [9.17, 15) is 26.7 Å². The highest BCUT2D eigenvalue weighted by molar-refractivity contribution is 7.06. The van der Waals surface area contributed by atoms with E-state index < -0.39 is 24.2 Å². The molecule has 0 spiro atoms. The first-order valence-electron chi connectivity index (χ1n) is 10.9. The van der Waals surface area contributed by atoms with E-state index in [4.69, 9.17) is 4.74 Å². The summed E-state index contributed by atoms with van der Waals surface area (Å²) in [7, 11) is 0. The van der Waals surface area contributed by atoms with E-state index in [0.717, 1.165) is 17.7 Å². The van der Waals surface area contributed by atoms with Crippen LogP contribution in [0.2, 0.25) is 0 Å². The maximum atomic E-state index is 12.9. The number of anilines is 1. The number of alkyl halides is 5. The van der Waals surface area contributed by atoms with Gasteiger partial charge in [0, 0.05) is 36.7 Å². The number of likely N-dealkylation sites (tertiary alicyclic amines) is 1. The van der Waals surface area contributed by atoms with Gasteiger partial charge >= 0.3 is 6.18 Å². The van der Waals surface area contributed by atoms with Gasteiger partial charge in [0.25, 0.3) is 12.3 Å². The van der Waals surface area contributed by atoms with Gasteiger partial charge < -0.3 is 10.1 Å². The Labute approximate surface area is 206 Å². The van der Waals surface area contributed by atoms with Gasteiger partial charge in [-0.05, 0) is 30.9 Å². The van der Waals surface area contributed by atoms with Crippen LogP contribution in [0.4, 0.5) is 27.6 Å². The zero-order valence-electron chi connectivity index (χ0n) is 18.9. The number of aromatic nitrogens is 4. The molecule has 1 aliphatic heterocycles. The van der Waals surface area contributed by atoms with Crippen LogP contribution in [0.1, 0.15) is 38.7 Å². The molecule has 0 bridgehead atoms. The van der Waals surface area contributed by atoms with Gasteiger partial charge in [-0.3, -0.25) is 14.7 Å². The lowest BCUT2D eigenvalue weighted by atomic mass is 10.1. The SMILES string of the molecule is Cc1nsc(Cc2cnc(C(F)(F)F)cn2)c1C(=O)Nc1ccc(O[C@@H]2CCN(CC(F)F)C2)nc1. The monoisotopic (exact) mass is 528 g/mol. The number of pyridine rings is 1. The Kier molecular flexibility index (Phi) is 7.73. The third-order valence-electron chi connectivity index (χ3n) is 5.40. The van der Waals surface area contributed by atoms with Gasteiger partial charge in [-0.2, -0.15) is 17.5 Å². The Bertz CT molecular complexity index is 1190. The van der Waals surface area contributed by atoms with Crippen molar-refractivity contribution < 1.29 is 31.5 Å². The van der Waals surface area contributed by atoms with E-state index in [0.29, 0.717) is 53.4 Å². The summed E-state index contributed by atoms with van der Waals surface area (Å²) in [5.74, 6) is -0.142. The molecular weight excluding hydrogens is 507 g/mol. The normalized spacial score (nSPS) is 16.5. The molecular formula is C22H21F5N6O2S. The number of amides is 1. The second-order valence-corrected chi connectivity index (χ2v) is 9.01. The first-order valence-corrected chi connectivity index (χ1v) is 11.6. The van der Waals surface area contributed by atoms with Crippen molar-refractivity contribution in [1.82, 2.24) is 24.2 Å². The summed E-state index contributed by atoms with van der Waals surface area (Å²) in [5.41, 5.74) is 0.330. The van der Waals surface area contributed by atoms with Crippen molar-refractivity contribution in [3.8, 4) is 5.88 Å². The van der Waals surface area contributed by atoms with Crippen molar-refractivity contribution >= 4 is 23.1 Å². The van der Waals surface area contributed by atoms with E-state index in [1.165, 1.54) is 6.20 Å². The molecule has 1 amide bonds. The molecule has 0 saturated carbocycles. The number of carbonyl (C=O) groups excluding carboxylic acids is 1. The fourth-order valence-electron chi connectivity index (χ4n) is 3.73. The maximum absolute atomic E-state index is 12.9. The molecule has 1 atom stereocenters. The van der Waals surface area contributed by atoms with Crippen molar-refractivity contribution in [3.05, 3.63) is 58.2 Å². The third-order valence-corrected chi connectivity index (χ3v) is 6.34. The summed E-state index contributed by atoms with van der Waals surface area (Å²) in [4.78, 5) is 26.5. The molecule has 4 rings (SSSR count). The number of carbonyl (C=O) groups is 1. The van der Waals surface area contributed by atoms with Crippen LogP contribution >= 0.6 is 11.5 Å². The molecule has 1 fully saturated rings. The van der Waals surface area contributed by atoms with Crippen LogP contribution in [-0.2, 0) is 12.6 Å². The quantitative estimate of drug-likeness (QED) is 0.438. The lowest BCUT2D eigenvalue weighted by Crippen LogP contribution is -2.29. The zero-order chi connectivity index (χ0) is 25.9. The van der Waals surface area contributed by atoms with Crippen molar-refractivity contribution in [1.29, 1.82) is 0 Å². The molecule has 1 saturated heterocycles. The molecule has 0 aromatic carbocycles. The molecule has 8 nitrogen and oxygen atoms in total.